The highest BCUT2D eigenvalue weighted by molar-refractivity contribution is 5.96. The van der Waals surface area contributed by atoms with Crippen molar-refractivity contribution >= 4 is 23.6 Å². The summed E-state index contributed by atoms with van der Waals surface area (Å²) in [6.45, 7) is 2.02. The van der Waals surface area contributed by atoms with Crippen molar-refractivity contribution in [3.8, 4) is 0 Å². The molecule has 4 N–H and O–H groups in total. The number of aliphatic hydroxyl groups is 1. The Balaban J connectivity index is 1.59. The molecule has 9 nitrogen and oxygen atoms in total. The average molecular weight is 505 g/mol. The molecular formula is C28H32N4O5. The summed E-state index contributed by atoms with van der Waals surface area (Å²) in [5, 5.41) is 18.7. The number of carbonyl (C=O) groups is 3. The molecular weight excluding hydrogens is 472 g/mol. The summed E-state index contributed by atoms with van der Waals surface area (Å²) >= 11 is 0. The van der Waals surface area contributed by atoms with Crippen molar-refractivity contribution in [2.75, 3.05) is 11.9 Å². The van der Waals surface area contributed by atoms with E-state index in [1.165, 1.54) is 6.92 Å². The zero-order chi connectivity index (χ0) is 26.5. The maximum absolute atomic E-state index is 13.0. The number of nitrogens with one attached hydrogen (secondary N) is 3. The molecule has 0 fully saturated rings. The van der Waals surface area contributed by atoms with Gasteiger partial charge in [-0.25, -0.2) is 4.79 Å². The van der Waals surface area contributed by atoms with E-state index in [-0.39, 0.29) is 12.5 Å². The first-order valence-electron chi connectivity index (χ1n) is 12.1. The van der Waals surface area contributed by atoms with Crippen molar-refractivity contribution < 1.29 is 24.2 Å². The highest BCUT2D eigenvalue weighted by atomic mass is 16.5. The second-order valence-corrected chi connectivity index (χ2v) is 8.54. The number of aliphatic hydroxyl groups excluding tert-OH is 1. The summed E-state index contributed by atoms with van der Waals surface area (Å²) in [7, 11) is 0. The van der Waals surface area contributed by atoms with Crippen LogP contribution in [0.2, 0.25) is 0 Å². The summed E-state index contributed by atoms with van der Waals surface area (Å²) in [5.41, 5.74) is 2.68. The molecule has 37 heavy (non-hydrogen) atoms. The van der Waals surface area contributed by atoms with Crippen molar-refractivity contribution in [3.63, 3.8) is 0 Å². The van der Waals surface area contributed by atoms with Crippen LogP contribution in [0.1, 0.15) is 49.0 Å². The molecule has 3 aromatic rings. The van der Waals surface area contributed by atoms with Gasteiger partial charge in [0.1, 0.15) is 18.8 Å². The van der Waals surface area contributed by atoms with Crippen LogP contribution in [0.3, 0.4) is 0 Å². The normalized spacial score (nSPS) is 12.2. The molecule has 0 aliphatic rings. The molecule has 2 atom stereocenters. The van der Waals surface area contributed by atoms with Crippen molar-refractivity contribution in [1.29, 1.82) is 0 Å². The molecule has 2 aromatic carbocycles. The van der Waals surface area contributed by atoms with E-state index in [2.05, 4.69) is 20.9 Å². The number of amides is 3. The number of nitrogens with zero attached hydrogens (tertiary/aromatic N) is 1. The van der Waals surface area contributed by atoms with Crippen molar-refractivity contribution in [3.05, 3.63) is 95.8 Å². The fraction of sp³-hybridized carbons (Fsp3) is 0.286. The number of unbranched alkanes of at least 4 members (excludes halogenated alkanes) is 1. The first-order valence-corrected chi connectivity index (χ1v) is 12.1. The number of carbonyl (C=O) groups excluding carboxylic acids is 3. The van der Waals surface area contributed by atoms with E-state index < -0.39 is 24.1 Å². The van der Waals surface area contributed by atoms with Crippen molar-refractivity contribution in [2.45, 2.75) is 44.9 Å². The molecule has 1 heterocycles. The Hall–Kier alpha value is -4.24. The topological polar surface area (TPSA) is 130 Å². The van der Waals surface area contributed by atoms with Crippen LogP contribution in [0.4, 0.5) is 10.5 Å². The number of alkyl carbamates (subject to hydrolysis) is 1. The van der Waals surface area contributed by atoms with Crippen LogP contribution in [-0.4, -0.2) is 40.6 Å². The van der Waals surface area contributed by atoms with Crippen LogP contribution in [0.25, 0.3) is 0 Å². The number of benzene rings is 2. The molecule has 0 saturated heterocycles. The van der Waals surface area contributed by atoms with Gasteiger partial charge in [-0.2, -0.15) is 0 Å². The lowest BCUT2D eigenvalue weighted by molar-refractivity contribution is -0.119. The Morgan fingerprint density at radius 2 is 1.70 bits per heavy atom. The molecule has 1 unspecified atom stereocenters. The van der Waals surface area contributed by atoms with E-state index in [4.69, 9.17) is 4.74 Å². The SMILES string of the molecule is CC(=O)NCCCC[C@H](NC(=O)OCc1ccccc1)C(=O)Nc1ccc(C(O)c2cccnc2)cc1. The minimum Gasteiger partial charge on any atom is -0.445 e. The summed E-state index contributed by atoms with van der Waals surface area (Å²) < 4.78 is 5.28. The lowest BCUT2D eigenvalue weighted by atomic mass is 10.0. The van der Waals surface area contributed by atoms with Gasteiger partial charge >= 0.3 is 6.09 Å². The zero-order valence-corrected chi connectivity index (χ0v) is 20.7. The van der Waals surface area contributed by atoms with E-state index >= 15 is 0 Å². The van der Waals surface area contributed by atoms with Crippen LogP contribution >= 0.6 is 0 Å². The number of hydrogen-bond acceptors (Lipinski definition) is 6. The first kappa shape index (κ1) is 27.3. The third-order valence-corrected chi connectivity index (χ3v) is 5.61. The number of rotatable bonds is 12. The quantitative estimate of drug-likeness (QED) is 0.278. The predicted molar refractivity (Wildman–Crippen MR) is 139 cm³/mol. The fourth-order valence-electron chi connectivity index (χ4n) is 3.62. The van der Waals surface area contributed by atoms with E-state index in [1.807, 2.05) is 30.3 Å². The highest BCUT2D eigenvalue weighted by Crippen LogP contribution is 2.22. The molecule has 9 heteroatoms. The second kappa shape index (κ2) is 14.4. The van der Waals surface area contributed by atoms with Crippen LogP contribution in [0.15, 0.2) is 79.1 Å². The van der Waals surface area contributed by atoms with Gasteiger partial charge in [-0.15, -0.1) is 0 Å². The smallest absolute Gasteiger partial charge is 0.408 e. The summed E-state index contributed by atoms with van der Waals surface area (Å²) in [4.78, 5) is 40.5. The molecule has 0 aliphatic heterocycles. The number of ether oxygens (including phenoxy) is 1. The molecule has 0 saturated carbocycles. The molecule has 0 radical (unpaired) electrons. The van der Waals surface area contributed by atoms with Gasteiger partial charge < -0.3 is 25.8 Å². The highest BCUT2D eigenvalue weighted by Gasteiger charge is 2.22. The minimum atomic E-state index is -0.837. The van der Waals surface area contributed by atoms with E-state index in [9.17, 15) is 19.5 Å². The molecule has 0 aliphatic carbocycles. The van der Waals surface area contributed by atoms with Gasteiger partial charge in [0, 0.05) is 37.1 Å². The molecule has 0 bridgehead atoms. The van der Waals surface area contributed by atoms with Gasteiger partial charge in [-0.1, -0.05) is 48.5 Å². The standard InChI is InChI=1S/C28H32N4O5/c1-20(33)30-17-6-5-11-25(32-28(36)37-19-21-8-3-2-4-9-21)27(35)31-24-14-12-22(13-15-24)26(34)23-10-7-16-29-18-23/h2-4,7-10,12-16,18,25-26,34H,5-6,11,17,19H2,1H3,(H,30,33)(H,31,35)(H,32,36)/t25-,26?/m0/s1. The van der Waals surface area contributed by atoms with Gasteiger partial charge in [-0.3, -0.25) is 14.6 Å². The Bertz CT molecular complexity index is 1140. The van der Waals surface area contributed by atoms with Crippen LogP contribution in [0.5, 0.6) is 0 Å². The maximum Gasteiger partial charge on any atom is 0.408 e. The third-order valence-electron chi connectivity index (χ3n) is 5.61. The van der Waals surface area contributed by atoms with Gasteiger partial charge in [0.2, 0.25) is 11.8 Å². The number of anilines is 1. The van der Waals surface area contributed by atoms with Crippen molar-refractivity contribution in [1.82, 2.24) is 15.6 Å². The minimum absolute atomic E-state index is 0.0876. The van der Waals surface area contributed by atoms with Gasteiger partial charge in [0.05, 0.1) is 0 Å². The average Bonchev–Trinajstić information content (AvgIpc) is 2.92. The lowest BCUT2D eigenvalue weighted by Gasteiger charge is -2.19. The molecule has 1 aromatic heterocycles. The monoisotopic (exact) mass is 504 g/mol. The van der Waals surface area contributed by atoms with E-state index in [0.29, 0.717) is 42.6 Å². The Kier molecular flexibility index (Phi) is 10.6. The van der Waals surface area contributed by atoms with Crippen LogP contribution in [-0.2, 0) is 20.9 Å². The second-order valence-electron chi connectivity index (χ2n) is 8.54. The van der Waals surface area contributed by atoms with Gasteiger partial charge in [0.25, 0.3) is 0 Å². The van der Waals surface area contributed by atoms with Crippen LogP contribution < -0.4 is 16.0 Å². The molecule has 3 rings (SSSR count). The van der Waals surface area contributed by atoms with E-state index in [0.717, 1.165) is 5.56 Å². The lowest BCUT2D eigenvalue weighted by Crippen LogP contribution is -2.44. The van der Waals surface area contributed by atoms with Gasteiger partial charge in [-0.05, 0) is 48.6 Å². The van der Waals surface area contributed by atoms with Crippen LogP contribution in [0, 0.1) is 0 Å². The summed E-state index contributed by atoms with van der Waals surface area (Å²) in [5.74, 6) is -0.509. The molecule has 3 amide bonds. The Labute approximate surface area is 216 Å². The Morgan fingerprint density at radius 1 is 0.946 bits per heavy atom. The predicted octanol–water partition coefficient (Wildman–Crippen LogP) is 3.70. The first-order chi connectivity index (χ1) is 17.9. The Morgan fingerprint density at radius 3 is 2.38 bits per heavy atom. The zero-order valence-electron chi connectivity index (χ0n) is 20.7. The third kappa shape index (κ3) is 9.38. The molecule has 0 spiro atoms. The van der Waals surface area contributed by atoms with Crippen molar-refractivity contribution in [2.24, 2.45) is 0 Å². The number of hydrogen-bond donors (Lipinski definition) is 4. The maximum atomic E-state index is 13.0. The number of pyridine rings is 1. The fourth-order valence-corrected chi connectivity index (χ4v) is 3.62. The molecule has 194 valence electrons. The van der Waals surface area contributed by atoms with E-state index in [1.54, 1.807) is 48.8 Å². The largest absolute Gasteiger partial charge is 0.445 e. The summed E-state index contributed by atoms with van der Waals surface area (Å²) in [6.07, 6.45) is 3.33. The summed E-state index contributed by atoms with van der Waals surface area (Å²) in [6, 6.07) is 18.8. The van der Waals surface area contributed by atoms with Gasteiger partial charge in [0.15, 0.2) is 0 Å². The number of aromatic nitrogens is 1.